The zero-order valence-electron chi connectivity index (χ0n) is 17.2. The molecular formula is C17H28O10Si. The van der Waals surface area contributed by atoms with Crippen LogP contribution in [-0.2, 0) is 47.3 Å². The monoisotopic (exact) mass is 420 g/mol. The molecule has 11 heteroatoms. The molecule has 0 bridgehead atoms. The Morgan fingerprint density at radius 3 is 1.68 bits per heavy atom. The Morgan fingerprint density at radius 2 is 1.25 bits per heavy atom. The Hall–Kier alpha value is -1.98. The van der Waals surface area contributed by atoms with E-state index >= 15 is 0 Å². The van der Waals surface area contributed by atoms with Crippen molar-refractivity contribution in [3.8, 4) is 0 Å². The van der Waals surface area contributed by atoms with Gasteiger partial charge < -0.3 is 28.1 Å². The number of carbonyl (C=O) groups is 4. The highest BCUT2D eigenvalue weighted by Crippen LogP contribution is 2.31. The number of rotatable bonds is 7. The van der Waals surface area contributed by atoms with Crippen molar-refractivity contribution in [2.45, 2.75) is 78.0 Å². The Balaban J connectivity index is 3.33. The van der Waals surface area contributed by atoms with Gasteiger partial charge in [-0.1, -0.05) is 0 Å². The van der Waals surface area contributed by atoms with Crippen LogP contribution in [0.5, 0.6) is 0 Å². The highest BCUT2D eigenvalue weighted by molar-refractivity contribution is 6.69. The maximum Gasteiger partial charge on any atom is 0.305 e. The standard InChI is InChI=1S/C17H28O10Si/c1-9(18)22-8-13-14(23-10(2)19)15(24-11(3)20)16(27-28(5,6)7)17(26-13)25-12(4)21/h13-17H,8H2,1-7H3/t13-,14+,15+,16-,17+/m1/s1. The van der Waals surface area contributed by atoms with Crippen molar-refractivity contribution in [2.24, 2.45) is 0 Å². The SMILES string of the molecule is CC(=O)OC[C@H]1O[C@H](OC(C)=O)[C@H](O[Si](C)(C)C)[C@@H](OC(C)=O)[C@H]1OC(C)=O. The van der Waals surface area contributed by atoms with Crippen LogP contribution < -0.4 is 0 Å². The summed E-state index contributed by atoms with van der Waals surface area (Å²) in [5.74, 6) is -2.54. The van der Waals surface area contributed by atoms with Crippen LogP contribution in [0.4, 0.5) is 0 Å². The molecule has 0 radical (unpaired) electrons. The van der Waals surface area contributed by atoms with E-state index in [9.17, 15) is 19.2 Å². The van der Waals surface area contributed by atoms with Crippen LogP contribution in [0.25, 0.3) is 0 Å². The summed E-state index contributed by atoms with van der Waals surface area (Å²) >= 11 is 0. The average molecular weight is 420 g/mol. The predicted octanol–water partition coefficient (Wildman–Crippen LogP) is 0.921. The summed E-state index contributed by atoms with van der Waals surface area (Å²) in [4.78, 5) is 46.1. The quantitative estimate of drug-likeness (QED) is 0.333. The van der Waals surface area contributed by atoms with Crippen molar-refractivity contribution in [1.82, 2.24) is 0 Å². The fourth-order valence-corrected chi connectivity index (χ4v) is 3.73. The van der Waals surface area contributed by atoms with Gasteiger partial charge in [-0.2, -0.15) is 0 Å². The molecular weight excluding hydrogens is 392 g/mol. The van der Waals surface area contributed by atoms with Gasteiger partial charge in [-0.05, 0) is 19.6 Å². The number of carbonyl (C=O) groups excluding carboxylic acids is 4. The zero-order chi connectivity index (χ0) is 21.6. The Kier molecular flexibility index (Phi) is 8.58. The van der Waals surface area contributed by atoms with E-state index in [1.165, 1.54) is 27.7 Å². The van der Waals surface area contributed by atoms with E-state index in [4.69, 9.17) is 28.1 Å². The molecule has 0 amide bonds. The number of hydrogen-bond donors (Lipinski definition) is 0. The molecule has 0 aromatic heterocycles. The number of ether oxygens (including phenoxy) is 5. The molecule has 160 valence electrons. The van der Waals surface area contributed by atoms with Crippen LogP contribution in [0.1, 0.15) is 27.7 Å². The fourth-order valence-electron chi connectivity index (χ4n) is 2.66. The van der Waals surface area contributed by atoms with E-state index in [-0.39, 0.29) is 6.61 Å². The zero-order valence-corrected chi connectivity index (χ0v) is 18.2. The van der Waals surface area contributed by atoms with Crippen molar-refractivity contribution < 1.29 is 47.3 Å². The molecule has 0 aromatic rings. The summed E-state index contributed by atoms with van der Waals surface area (Å²) in [6.07, 6.45) is -5.58. The summed E-state index contributed by atoms with van der Waals surface area (Å²) in [5, 5.41) is 0. The molecule has 28 heavy (non-hydrogen) atoms. The first-order valence-electron chi connectivity index (χ1n) is 8.78. The van der Waals surface area contributed by atoms with Crippen molar-refractivity contribution in [3.63, 3.8) is 0 Å². The van der Waals surface area contributed by atoms with Crippen LogP contribution in [0, 0.1) is 0 Å². The van der Waals surface area contributed by atoms with Crippen molar-refractivity contribution >= 4 is 32.2 Å². The minimum Gasteiger partial charge on any atom is -0.463 e. The first-order valence-corrected chi connectivity index (χ1v) is 12.2. The van der Waals surface area contributed by atoms with Crippen molar-refractivity contribution in [2.75, 3.05) is 6.61 Å². The van der Waals surface area contributed by atoms with E-state index < -0.39 is 62.9 Å². The van der Waals surface area contributed by atoms with Crippen LogP contribution >= 0.6 is 0 Å². The Labute approximate surface area is 164 Å². The minimum absolute atomic E-state index is 0.303. The first-order chi connectivity index (χ1) is 12.8. The number of esters is 4. The first kappa shape index (κ1) is 24.1. The van der Waals surface area contributed by atoms with E-state index in [2.05, 4.69) is 0 Å². The molecule has 5 atom stereocenters. The maximum absolute atomic E-state index is 11.7. The van der Waals surface area contributed by atoms with Gasteiger partial charge in [-0.25, -0.2) is 0 Å². The highest BCUT2D eigenvalue weighted by atomic mass is 28.4. The average Bonchev–Trinajstić information content (AvgIpc) is 2.48. The third-order valence-electron chi connectivity index (χ3n) is 3.42. The molecule has 0 aromatic carbocycles. The van der Waals surface area contributed by atoms with E-state index in [0.29, 0.717) is 0 Å². The molecule has 10 nitrogen and oxygen atoms in total. The molecule has 0 unspecified atom stereocenters. The lowest BCUT2D eigenvalue weighted by Gasteiger charge is -2.45. The molecule has 0 saturated carbocycles. The Morgan fingerprint density at radius 1 is 0.750 bits per heavy atom. The smallest absolute Gasteiger partial charge is 0.305 e. The molecule has 0 spiro atoms. The fraction of sp³-hybridized carbons (Fsp3) is 0.765. The normalized spacial score (nSPS) is 27.5. The summed E-state index contributed by atoms with van der Waals surface area (Å²) in [6, 6.07) is 0. The third kappa shape index (κ3) is 7.95. The lowest BCUT2D eigenvalue weighted by Crippen LogP contribution is -2.64. The molecule has 1 rings (SSSR count). The number of hydrogen-bond acceptors (Lipinski definition) is 10. The van der Waals surface area contributed by atoms with Gasteiger partial charge in [-0.15, -0.1) is 0 Å². The second kappa shape index (κ2) is 9.98. The molecule has 1 heterocycles. The van der Waals surface area contributed by atoms with Crippen LogP contribution in [0.15, 0.2) is 0 Å². The van der Waals surface area contributed by atoms with Crippen molar-refractivity contribution in [1.29, 1.82) is 0 Å². The van der Waals surface area contributed by atoms with Gasteiger partial charge in [0, 0.05) is 27.7 Å². The molecule has 1 aliphatic heterocycles. The minimum atomic E-state index is -2.25. The molecule has 1 aliphatic rings. The summed E-state index contributed by atoms with van der Waals surface area (Å²) in [5.41, 5.74) is 0. The van der Waals surface area contributed by atoms with Crippen LogP contribution in [-0.4, -0.2) is 69.5 Å². The second-order valence-corrected chi connectivity index (χ2v) is 11.8. The van der Waals surface area contributed by atoms with Gasteiger partial charge in [0.15, 0.2) is 20.5 Å². The third-order valence-corrected chi connectivity index (χ3v) is 4.40. The summed E-state index contributed by atoms with van der Waals surface area (Å²) in [7, 11) is -2.25. The van der Waals surface area contributed by atoms with Gasteiger partial charge in [0.1, 0.15) is 18.8 Å². The van der Waals surface area contributed by atoms with Crippen molar-refractivity contribution in [3.05, 3.63) is 0 Å². The highest BCUT2D eigenvalue weighted by Gasteiger charge is 2.53. The Bertz CT molecular complexity index is 599. The van der Waals surface area contributed by atoms with Gasteiger partial charge in [0.25, 0.3) is 0 Å². The van der Waals surface area contributed by atoms with Gasteiger partial charge in [0.05, 0.1) is 0 Å². The molecule has 0 N–H and O–H groups in total. The summed E-state index contributed by atoms with van der Waals surface area (Å²) < 4.78 is 32.7. The van der Waals surface area contributed by atoms with Crippen LogP contribution in [0.3, 0.4) is 0 Å². The maximum atomic E-state index is 11.7. The van der Waals surface area contributed by atoms with Crippen LogP contribution in [0.2, 0.25) is 19.6 Å². The predicted molar refractivity (Wildman–Crippen MR) is 96.4 cm³/mol. The van der Waals surface area contributed by atoms with E-state index in [1.807, 2.05) is 19.6 Å². The largest absolute Gasteiger partial charge is 0.463 e. The summed E-state index contributed by atoms with van der Waals surface area (Å²) in [6.45, 7) is 10.1. The van der Waals surface area contributed by atoms with Gasteiger partial charge >= 0.3 is 23.9 Å². The molecule has 1 saturated heterocycles. The second-order valence-electron chi connectivity index (χ2n) is 7.30. The lowest BCUT2D eigenvalue weighted by atomic mass is 9.98. The topological polar surface area (TPSA) is 124 Å². The van der Waals surface area contributed by atoms with Gasteiger partial charge in [0.2, 0.25) is 6.29 Å². The molecule has 1 fully saturated rings. The molecule has 0 aliphatic carbocycles. The van der Waals surface area contributed by atoms with E-state index in [1.54, 1.807) is 0 Å². The lowest BCUT2D eigenvalue weighted by molar-refractivity contribution is -0.293. The van der Waals surface area contributed by atoms with E-state index in [0.717, 1.165) is 0 Å². The van der Waals surface area contributed by atoms with Gasteiger partial charge in [-0.3, -0.25) is 19.2 Å².